The number of aliphatic hydroxyl groups is 1. The third kappa shape index (κ3) is 3.65. The largest absolute Gasteiger partial charge is 0.502 e. The van der Waals surface area contributed by atoms with Crippen LogP contribution in [0.25, 0.3) is 0 Å². The highest BCUT2D eigenvalue weighted by Crippen LogP contribution is 1.93. The zero-order chi connectivity index (χ0) is 7.98. The first-order valence-electron chi connectivity index (χ1n) is 2.74. The molecule has 0 fully saturated rings. The Bertz CT molecular complexity index is 159. The van der Waals surface area contributed by atoms with Crippen LogP contribution >= 0.6 is 0 Å². The van der Waals surface area contributed by atoms with E-state index in [0.717, 1.165) is 6.08 Å². The molecule has 4 nitrogen and oxygen atoms in total. The minimum atomic E-state index is -1.37. The van der Waals surface area contributed by atoms with Crippen LogP contribution in [0, 0.1) is 0 Å². The van der Waals surface area contributed by atoms with Crippen molar-refractivity contribution in [3.05, 3.63) is 11.8 Å². The Morgan fingerprint density at radius 2 is 1.90 bits per heavy atom. The van der Waals surface area contributed by atoms with E-state index in [9.17, 15) is 9.59 Å². The summed E-state index contributed by atoms with van der Waals surface area (Å²) >= 11 is 0. The fourth-order valence-corrected chi connectivity index (χ4v) is 0.375. The van der Waals surface area contributed by atoms with Crippen molar-refractivity contribution in [3.8, 4) is 0 Å². The van der Waals surface area contributed by atoms with Gasteiger partial charge in [-0.05, 0) is 12.5 Å². The molecule has 0 aliphatic rings. The summed E-state index contributed by atoms with van der Waals surface area (Å²) in [6.07, 6.45) is 2.25. The molecule has 56 valence electrons. The van der Waals surface area contributed by atoms with Crippen LogP contribution in [0.1, 0.15) is 12.8 Å². The number of rotatable bonds is 4. The summed E-state index contributed by atoms with van der Waals surface area (Å²) in [4.78, 5) is 19.6. The Morgan fingerprint density at radius 3 is 2.30 bits per heavy atom. The molecule has 10 heavy (non-hydrogen) atoms. The first-order valence-corrected chi connectivity index (χ1v) is 2.74. The molecule has 0 unspecified atom stereocenters. The lowest BCUT2D eigenvalue weighted by Crippen LogP contribution is -1.98. The van der Waals surface area contributed by atoms with Gasteiger partial charge in [-0.1, -0.05) is 0 Å². The van der Waals surface area contributed by atoms with Crippen LogP contribution in [-0.2, 0) is 9.59 Å². The van der Waals surface area contributed by atoms with Gasteiger partial charge in [0.15, 0.2) is 5.76 Å². The number of hydrogen-bond donors (Lipinski definition) is 2. The van der Waals surface area contributed by atoms with Gasteiger partial charge in [0.05, 0.1) is 0 Å². The molecule has 2 N–H and O–H groups in total. The van der Waals surface area contributed by atoms with Crippen molar-refractivity contribution in [3.63, 3.8) is 0 Å². The molecule has 0 spiro atoms. The minimum absolute atomic E-state index is 0.233. The van der Waals surface area contributed by atoms with Crippen LogP contribution in [0.4, 0.5) is 0 Å². The Morgan fingerprint density at radius 1 is 1.30 bits per heavy atom. The van der Waals surface area contributed by atoms with E-state index in [1.165, 1.54) is 0 Å². The zero-order valence-electron chi connectivity index (χ0n) is 5.28. The molecule has 0 aromatic carbocycles. The van der Waals surface area contributed by atoms with Crippen molar-refractivity contribution in [1.82, 2.24) is 0 Å². The van der Waals surface area contributed by atoms with Gasteiger partial charge in [0.25, 0.3) is 0 Å². The molecule has 0 aliphatic carbocycles. The van der Waals surface area contributed by atoms with E-state index in [4.69, 9.17) is 10.2 Å². The molecule has 0 rings (SSSR count). The lowest BCUT2D eigenvalue weighted by molar-refractivity contribution is -0.135. The number of carbonyl (C=O) groups excluding carboxylic acids is 1. The number of unbranched alkanes of at least 4 members (excludes halogenated alkanes) is 1. The fourth-order valence-electron chi connectivity index (χ4n) is 0.375. The molecule has 0 amide bonds. The van der Waals surface area contributed by atoms with Crippen molar-refractivity contribution >= 4 is 12.3 Å². The Labute approximate surface area is 57.8 Å². The molecular formula is C6H8O4. The molecule has 0 saturated carbocycles. The molecular weight excluding hydrogens is 136 g/mol. The molecule has 0 aromatic rings. The van der Waals surface area contributed by atoms with Crippen LogP contribution in [0.3, 0.4) is 0 Å². The normalized spacial score (nSPS) is 11.0. The van der Waals surface area contributed by atoms with Gasteiger partial charge < -0.3 is 15.0 Å². The van der Waals surface area contributed by atoms with Gasteiger partial charge in [-0.25, -0.2) is 4.79 Å². The predicted octanol–water partition coefficient (Wildman–Crippen LogP) is 0.492. The maximum Gasteiger partial charge on any atom is 0.370 e. The average molecular weight is 144 g/mol. The lowest BCUT2D eigenvalue weighted by atomic mass is 10.3. The highest BCUT2D eigenvalue weighted by Gasteiger charge is 2.00. The van der Waals surface area contributed by atoms with Gasteiger partial charge in [0, 0.05) is 6.42 Å². The summed E-state index contributed by atoms with van der Waals surface area (Å²) in [5.41, 5.74) is 0. The van der Waals surface area contributed by atoms with Crippen LogP contribution in [-0.4, -0.2) is 22.5 Å². The van der Waals surface area contributed by atoms with Crippen molar-refractivity contribution < 1.29 is 19.8 Å². The summed E-state index contributed by atoms with van der Waals surface area (Å²) in [6, 6.07) is 0. The standard InChI is InChI=1S/C6H8O4/c7-4-2-1-3-5(8)6(9)10/h3-4,8H,1-2H2,(H,9,10)/b5-3-. The van der Waals surface area contributed by atoms with Gasteiger partial charge in [0.2, 0.25) is 0 Å². The van der Waals surface area contributed by atoms with E-state index in [-0.39, 0.29) is 12.8 Å². The van der Waals surface area contributed by atoms with E-state index in [2.05, 4.69) is 0 Å². The van der Waals surface area contributed by atoms with Crippen LogP contribution < -0.4 is 0 Å². The van der Waals surface area contributed by atoms with E-state index in [1.807, 2.05) is 0 Å². The monoisotopic (exact) mass is 144 g/mol. The van der Waals surface area contributed by atoms with Crippen molar-refractivity contribution in [2.45, 2.75) is 12.8 Å². The number of aldehydes is 1. The molecule has 0 bridgehead atoms. The molecule has 0 aliphatic heterocycles. The summed E-state index contributed by atoms with van der Waals surface area (Å²) in [7, 11) is 0. The second kappa shape index (κ2) is 4.55. The van der Waals surface area contributed by atoms with Gasteiger partial charge in [-0.3, -0.25) is 0 Å². The number of carboxylic acid groups (broad SMARTS) is 1. The second-order valence-corrected chi connectivity index (χ2v) is 1.64. The first kappa shape index (κ1) is 8.68. The summed E-state index contributed by atoms with van der Waals surface area (Å²) in [5, 5.41) is 16.6. The topological polar surface area (TPSA) is 74.6 Å². The average Bonchev–Trinajstić information content (AvgIpc) is 1.88. The Kier molecular flexibility index (Phi) is 3.95. The molecule has 4 heteroatoms. The number of carbonyl (C=O) groups is 2. The quantitative estimate of drug-likeness (QED) is 0.260. The lowest BCUT2D eigenvalue weighted by Gasteiger charge is -1.88. The summed E-state index contributed by atoms with van der Waals surface area (Å²) < 4.78 is 0. The third-order valence-electron chi connectivity index (χ3n) is 0.841. The smallest absolute Gasteiger partial charge is 0.370 e. The van der Waals surface area contributed by atoms with E-state index >= 15 is 0 Å². The zero-order valence-corrected chi connectivity index (χ0v) is 5.28. The summed E-state index contributed by atoms with van der Waals surface area (Å²) in [5.74, 6) is -2.08. The van der Waals surface area contributed by atoms with Crippen molar-refractivity contribution in [1.29, 1.82) is 0 Å². The van der Waals surface area contributed by atoms with Gasteiger partial charge in [0.1, 0.15) is 6.29 Å². The Balaban J connectivity index is 3.68. The van der Waals surface area contributed by atoms with Crippen LogP contribution in [0.5, 0.6) is 0 Å². The number of carboxylic acids is 1. The predicted molar refractivity (Wildman–Crippen MR) is 33.6 cm³/mol. The van der Waals surface area contributed by atoms with Crippen molar-refractivity contribution in [2.24, 2.45) is 0 Å². The second-order valence-electron chi connectivity index (χ2n) is 1.64. The summed E-state index contributed by atoms with van der Waals surface area (Å²) in [6.45, 7) is 0. The minimum Gasteiger partial charge on any atom is -0.502 e. The van der Waals surface area contributed by atoms with Gasteiger partial charge in [-0.2, -0.15) is 0 Å². The van der Waals surface area contributed by atoms with Gasteiger partial charge in [-0.15, -0.1) is 0 Å². The third-order valence-corrected chi connectivity index (χ3v) is 0.841. The Hall–Kier alpha value is -1.32. The number of allylic oxidation sites excluding steroid dienone is 1. The fraction of sp³-hybridized carbons (Fsp3) is 0.333. The molecule has 0 saturated heterocycles. The highest BCUT2D eigenvalue weighted by atomic mass is 16.4. The van der Waals surface area contributed by atoms with Crippen molar-refractivity contribution in [2.75, 3.05) is 0 Å². The van der Waals surface area contributed by atoms with E-state index < -0.39 is 11.7 Å². The molecule has 0 aromatic heterocycles. The highest BCUT2D eigenvalue weighted by molar-refractivity contribution is 5.83. The van der Waals surface area contributed by atoms with Gasteiger partial charge >= 0.3 is 5.97 Å². The van der Waals surface area contributed by atoms with E-state index in [1.54, 1.807) is 0 Å². The maximum absolute atomic E-state index is 9.89. The number of aliphatic carboxylic acids is 1. The number of aliphatic hydroxyl groups excluding tert-OH is 1. The SMILES string of the molecule is O=CCC/C=C(\O)C(=O)O. The number of hydrogen-bond acceptors (Lipinski definition) is 3. The molecule has 0 radical (unpaired) electrons. The van der Waals surface area contributed by atoms with Crippen LogP contribution in [0.15, 0.2) is 11.8 Å². The maximum atomic E-state index is 9.89. The molecule has 0 heterocycles. The van der Waals surface area contributed by atoms with Crippen LogP contribution in [0.2, 0.25) is 0 Å². The van der Waals surface area contributed by atoms with E-state index in [0.29, 0.717) is 6.29 Å². The first-order chi connectivity index (χ1) is 4.68. The molecule has 0 atom stereocenters.